The van der Waals surface area contributed by atoms with Crippen molar-refractivity contribution in [2.24, 2.45) is 0 Å². The minimum Gasteiger partial charge on any atom is -0.485 e. The van der Waals surface area contributed by atoms with Gasteiger partial charge in [0.2, 0.25) is 0 Å². The zero-order valence-electron chi connectivity index (χ0n) is 17.1. The summed E-state index contributed by atoms with van der Waals surface area (Å²) < 4.78 is 46.0. The molecule has 3 aromatic rings. The number of rotatable bonds is 9. The highest BCUT2D eigenvalue weighted by Crippen LogP contribution is 2.42. The number of alkyl halides is 2. The molecule has 0 radical (unpaired) electrons. The lowest BCUT2D eigenvalue weighted by Gasteiger charge is -2.21. The lowest BCUT2D eigenvalue weighted by Crippen LogP contribution is -2.29. The summed E-state index contributed by atoms with van der Waals surface area (Å²) >= 11 is 12.3. The summed E-state index contributed by atoms with van der Waals surface area (Å²) in [5.41, 5.74) is 0.578. The second-order valence-corrected chi connectivity index (χ2v) is 7.50. The van der Waals surface area contributed by atoms with Gasteiger partial charge < -0.3 is 14.2 Å². The second-order valence-electron chi connectivity index (χ2n) is 6.69. The second kappa shape index (κ2) is 10.7. The highest BCUT2D eigenvalue weighted by molar-refractivity contribution is 6.31. The minimum absolute atomic E-state index is 0.0105. The number of para-hydroxylation sites is 1. The predicted molar refractivity (Wildman–Crippen MR) is 119 cm³/mol. The van der Waals surface area contributed by atoms with E-state index in [1.807, 2.05) is 0 Å². The molecule has 0 spiro atoms. The van der Waals surface area contributed by atoms with Gasteiger partial charge in [-0.05, 0) is 31.2 Å². The molecule has 0 amide bonds. The predicted octanol–water partition coefficient (Wildman–Crippen LogP) is 6.81. The maximum atomic E-state index is 15.0. The fourth-order valence-electron chi connectivity index (χ4n) is 2.89. The van der Waals surface area contributed by atoms with Crippen LogP contribution in [-0.2, 0) is 28.7 Å². The fraction of sp³-hybridized carbons (Fsp3) is 0.208. The van der Waals surface area contributed by atoms with E-state index in [2.05, 4.69) is 4.74 Å². The van der Waals surface area contributed by atoms with Crippen molar-refractivity contribution in [2.75, 3.05) is 6.61 Å². The zero-order chi connectivity index (χ0) is 23.1. The Labute approximate surface area is 194 Å². The van der Waals surface area contributed by atoms with E-state index in [1.165, 1.54) is 19.1 Å². The Morgan fingerprint density at radius 1 is 0.844 bits per heavy atom. The first-order chi connectivity index (χ1) is 15.3. The van der Waals surface area contributed by atoms with Gasteiger partial charge in [0.05, 0.1) is 12.2 Å². The molecule has 0 heterocycles. The van der Waals surface area contributed by atoms with Gasteiger partial charge in [0, 0.05) is 21.2 Å². The number of hydrogen-bond acceptors (Lipinski definition) is 4. The summed E-state index contributed by atoms with van der Waals surface area (Å²) in [7, 11) is 0. The smallest absolute Gasteiger partial charge is 0.382 e. The summed E-state index contributed by atoms with van der Waals surface area (Å²) in [5.74, 6) is -5.88. The Balaban J connectivity index is 1.97. The highest BCUT2D eigenvalue weighted by Gasteiger charge is 2.46. The molecule has 0 saturated heterocycles. The highest BCUT2D eigenvalue weighted by atomic mass is 35.5. The van der Waals surface area contributed by atoms with Crippen LogP contribution in [0.4, 0.5) is 8.78 Å². The van der Waals surface area contributed by atoms with Gasteiger partial charge in [0.25, 0.3) is 0 Å². The Bertz CT molecular complexity index is 1090. The summed E-state index contributed by atoms with van der Waals surface area (Å²) in [6, 6.07) is 17.8. The number of hydrogen-bond donors (Lipinski definition) is 0. The Morgan fingerprint density at radius 3 is 1.97 bits per heavy atom. The number of carbonyl (C=O) groups is 1. The number of ether oxygens (including phenoxy) is 3. The van der Waals surface area contributed by atoms with Crippen LogP contribution in [0.25, 0.3) is 0 Å². The van der Waals surface area contributed by atoms with E-state index in [0.717, 1.165) is 6.07 Å². The quantitative estimate of drug-likeness (QED) is 0.315. The van der Waals surface area contributed by atoms with E-state index in [9.17, 15) is 13.6 Å². The minimum atomic E-state index is -3.95. The molecule has 3 aromatic carbocycles. The summed E-state index contributed by atoms with van der Waals surface area (Å²) in [6.45, 7) is 1.16. The average Bonchev–Trinajstić information content (AvgIpc) is 2.78. The van der Waals surface area contributed by atoms with Crippen molar-refractivity contribution in [3.63, 3.8) is 0 Å². The Hall–Kier alpha value is -2.83. The van der Waals surface area contributed by atoms with E-state index in [4.69, 9.17) is 32.7 Å². The van der Waals surface area contributed by atoms with Crippen LogP contribution >= 0.6 is 23.2 Å². The number of carbonyl (C=O) groups excluding carboxylic acids is 1. The van der Waals surface area contributed by atoms with Gasteiger partial charge in [-0.1, -0.05) is 65.7 Å². The van der Waals surface area contributed by atoms with Gasteiger partial charge >= 0.3 is 11.9 Å². The number of esters is 1. The van der Waals surface area contributed by atoms with Gasteiger partial charge in [0.1, 0.15) is 13.2 Å². The van der Waals surface area contributed by atoms with Crippen LogP contribution in [0.5, 0.6) is 11.5 Å². The van der Waals surface area contributed by atoms with E-state index in [-0.39, 0.29) is 31.3 Å². The van der Waals surface area contributed by atoms with Crippen LogP contribution < -0.4 is 9.47 Å². The van der Waals surface area contributed by atoms with Gasteiger partial charge in [-0.2, -0.15) is 8.78 Å². The standard InChI is InChI=1S/C24H20Cl2F2O4/c1-2-30-23(29)24(27,28)18-10-7-13-21(31-14-16-8-3-5-11-19(16)25)22(18)32-15-17-9-4-6-12-20(17)26/h3-13H,2,14-15H2,1H3. The molecule has 0 aliphatic rings. The van der Waals surface area contributed by atoms with Crippen LogP contribution in [0, 0.1) is 0 Å². The van der Waals surface area contributed by atoms with Crippen LogP contribution in [0.2, 0.25) is 10.0 Å². The van der Waals surface area contributed by atoms with Crippen molar-refractivity contribution in [3.8, 4) is 11.5 Å². The molecule has 0 atom stereocenters. The number of benzene rings is 3. The first-order valence-corrected chi connectivity index (χ1v) is 10.5. The monoisotopic (exact) mass is 480 g/mol. The molecule has 4 nitrogen and oxygen atoms in total. The van der Waals surface area contributed by atoms with E-state index < -0.39 is 17.5 Å². The zero-order valence-corrected chi connectivity index (χ0v) is 18.6. The van der Waals surface area contributed by atoms with E-state index in [0.29, 0.717) is 21.2 Å². The van der Waals surface area contributed by atoms with Crippen molar-refractivity contribution >= 4 is 29.2 Å². The molecule has 0 aliphatic carbocycles. The topological polar surface area (TPSA) is 44.8 Å². The van der Waals surface area contributed by atoms with Crippen LogP contribution in [0.3, 0.4) is 0 Å². The molecule has 0 bridgehead atoms. The molecular weight excluding hydrogens is 461 g/mol. The summed E-state index contributed by atoms with van der Waals surface area (Å²) in [5, 5.41) is 0.889. The van der Waals surface area contributed by atoms with Gasteiger partial charge in [0.15, 0.2) is 11.5 Å². The van der Waals surface area contributed by atoms with Crippen molar-refractivity contribution in [3.05, 3.63) is 93.5 Å². The van der Waals surface area contributed by atoms with Crippen molar-refractivity contribution in [1.29, 1.82) is 0 Å². The molecule has 0 N–H and O–H groups in total. The molecule has 8 heteroatoms. The van der Waals surface area contributed by atoms with E-state index in [1.54, 1.807) is 48.5 Å². The first-order valence-electron chi connectivity index (χ1n) is 9.75. The Kier molecular flexibility index (Phi) is 7.94. The molecule has 0 aromatic heterocycles. The molecule has 32 heavy (non-hydrogen) atoms. The van der Waals surface area contributed by atoms with Crippen molar-refractivity contribution in [1.82, 2.24) is 0 Å². The Morgan fingerprint density at radius 2 is 1.41 bits per heavy atom. The molecular formula is C24H20Cl2F2O4. The van der Waals surface area contributed by atoms with Crippen molar-refractivity contribution in [2.45, 2.75) is 26.1 Å². The summed E-state index contributed by atoms with van der Waals surface area (Å²) in [6.07, 6.45) is 0. The van der Waals surface area contributed by atoms with Crippen molar-refractivity contribution < 1.29 is 27.8 Å². The maximum absolute atomic E-state index is 15.0. The average molecular weight is 481 g/mol. The molecule has 168 valence electrons. The SMILES string of the molecule is CCOC(=O)C(F)(F)c1cccc(OCc2ccccc2Cl)c1OCc1ccccc1Cl. The molecule has 0 aliphatic heterocycles. The number of halogens is 4. The molecule has 0 saturated carbocycles. The lowest BCUT2D eigenvalue weighted by molar-refractivity contribution is -0.173. The van der Waals surface area contributed by atoms with Crippen LogP contribution in [0.1, 0.15) is 23.6 Å². The fourth-order valence-corrected chi connectivity index (χ4v) is 3.27. The first kappa shape index (κ1) is 23.8. The van der Waals surface area contributed by atoms with Crippen LogP contribution in [0.15, 0.2) is 66.7 Å². The summed E-state index contributed by atoms with van der Waals surface area (Å²) in [4.78, 5) is 12.0. The van der Waals surface area contributed by atoms with Gasteiger partial charge in [-0.15, -0.1) is 0 Å². The van der Waals surface area contributed by atoms with Crippen LogP contribution in [-0.4, -0.2) is 12.6 Å². The van der Waals surface area contributed by atoms with E-state index >= 15 is 0 Å². The van der Waals surface area contributed by atoms with Gasteiger partial charge in [-0.3, -0.25) is 0 Å². The normalized spacial score (nSPS) is 11.2. The maximum Gasteiger partial charge on any atom is 0.382 e. The lowest BCUT2D eigenvalue weighted by atomic mass is 10.1. The third kappa shape index (κ3) is 5.50. The molecule has 0 unspecified atom stereocenters. The third-order valence-electron chi connectivity index (χ3n) is 4.52. The largest absolute Gasteiger partial charge is 0.485 e. The molecule has 3 rings (SSSR count). The third-order valence-corrected chi connectivity index (χ3v) is 5.26. The van der Waals surface area contributed by atoms with Gasteiger partial charge in [-0.25, -0.2) is 4.79 Å². The molecule has 0 fully saturated rings.